The number of ether oxygens (including phenoxy) is 2. The van der Waals surface area contributed by atoms with Gasteiger partial charge in [-0.1, -0.05) is 11.2 Å². The van der Waals surface area contributed by atoms with Crippen LogP contribution < -0.4 is 4.74 Å². The molecule has 7 nitrogen and oxygen atoms in total. The van der Waals surface area contributed by atoms with Gasteiger partial charge in [-0.15, -0.1) is 0 Å². The number of benzene rings is 1. The zero-order chi connectivity index (χ0) is 13.0. The number of nitrogens with zero attached hydrogens (tertiary/aromatic N) is 3. The summed E-state index contributed by atoms with van der Waals surface area (Å²) in [5.41, 5.74) is 9.60. The van der Waals surface area contributed by atoms with Gasteiger partial charge in [0.15, 0.2) is 0 Å². The van der Waals surface area contributed by atoms with Gasteiger partial charge in [-0.3, -0.25) is 0 Å². The third-order valence-electron chi connectivity index (χ3n) is 2.20. The Hall–Kier alpha value is -2.66. The van der Waals surface area contributed by atoms with Gasteiger partial charge in [-0.05, 0) is 24.6 Å². The van der Waals surface area contributed by atoms with E-state index in [0.717, 1.165) is 10.9 Å². The van der Waals surface area contributed by atoms with E-state index < -0.39 is 6.16 Å². The van der Waals surface area contributed by atoms with E-state index in [9.17, 15) is 4.79 Å². The van der Waals surface area contributed by atoms with Crippen LogP contribution in [-0.2, 0) is 4.74 Å². The van der Waals surface area contributed by atoms with Crippen LogP contribution in [0.4, 0.5) is 10.5 Å². The van der Waals surface area contributed by atoms with E-state index in [-0.39, 0.29) is 12.5 Å². The predicted molar refractivity (Wildman–Crippen MR) is 64.8 cm³/mol. The summed E-state index contributed by atoms with van der Waals surface area (Å²) >= 11 is 0. The van der Waals surface area contributed by atoms with Gasteiger partial charge in [-0.25, -0.2) is 4.79 Å². The first-order valence-corrected chi connectivity index (χ1v) is 5.25. The summed E-state index contributed by atoms with van der Waals surface area (Å²) in [7, 11) is 0. The zero-order valence-electron chi connectivity index (χ0n) is 9.58. The molecule has 92 valence electrons. The molecule has 18 heavy (non-hydrogen) atoms. The number of nitrogens with one attached hydrogen (secondary N) is 1. The van der Waals surface area contributed by atoms with E-state index in [1.54, 1.807) is 31.2 Å². The quantitative estimate of drug-likeness (QED) is 0.387. The summed E-state index contributed by atoms with van der Waals surface area (Å²) < 4.78 is 9.58. The Labute approximate surface area is 102 Å². The van der Waals surface area contributed by atoms with Crippen LogP contribution in [0.3, 0.4) is 0 Å². The molecule has 2 aromatic rings. The SMILES string of the molecule is CCOC(=O)Oc1cc2cc(N=[N+]=[N-])ccc2[nH]1. The van der Waals surface area contributed by atoms with E-state index >= 15 is 0 Å². The van der Waals surface area contributed by atoms with Crippen LogP contribution in [0.1, 0.15) is 6.92 Å². The highest BCUT2D eigenvalue weighted by Gasteiger charge is 2.08. The Morgan fingerprint density at radius 1 is 1.50 bits per heavy atom. The second kappa shape index (κ2) is 5.11. The lowest BCUT2D eigenvalue weighted by molar-refractivity contribution is 0.103. The molecule has 7 heteroatoms. The molecule has 0 radical (unpaired) electrons. The second-order valence-corrected chi connectivity index (χ2v) is 3.38. The van der Waals surface area contributed by atoms with Crippen molar-refractivity contribution in [2.24, 2.45) is 5.11 Å². The topological polar surface area (TPSA) is 100 Å². The number of rotatable bonds is 3. The van der Waals surface area contributed by atoms with Crippen LogP contribution in [0.25, 0.3) is 21.3 Å². The van der Waals surface area contributed by atoms with Crippen molar-refractivity contribution in [3.63, 3.8) is 0 Å². The summed E-state index contributed by atoms with van der Waals surface area (Å²) in [4.78, 5) is 16.7. The van der Waals surface area contributed by atoms with Crippen LogP contribution in [0, 0.1) is 0 Å². The molecule has 0 aliphatic heterocycles. The molecule has 0 spiro atoms. The van der Waals surface area contributed by atoms with E-state index in [0.29, 0.717) is 5.69 Å². The van der Waals surface area contributed by atoms with E-state index in [4.69, 9.17) is 10.3 Å². The van der Waals surface area contributed by atoms with Crippen LogP contribution >= 0.6 is 0 Å². The molecule has 0 amide bonds. The number of fused-ring (bicyclic) bond motifs is 1. The molecular formula is C11H10N4O3. The van der Waals surface area contributed by atoms with Crippen LogP contribution in [0.2, 0.25) is 0 Å². The summed E-state index contributed by atoms with van der Waals surface area (Å²) in [6.07, 6.45) is -0.765. The lowest BCUT2D eigenvalue weighted by Crippen LogP contribution is -2.09. The van der Waals surface area contributed by atoms with Gasteiger partial charge in [0.25, 0.3) is 0 Å². The Bertz CT molecular complexity index is 628. The maximum atomic E-state index is 11.1. The molecule has 0 fully saturated rings. The molecule has 0 saturated carbocycles. The summed E-state index contributed by atoms with van der Waals surface area (Å²) in [6.45, 7) is 1.94. The van der Waals surface area contributed by atoms with Crippen LogP contribution in [0.15, 0.2) is 29.4 Å². The number of hydrogen-bond acceptors (Lipinski definition) is 4. The number of hydrogen-bond donors (Lipinski definition) is 1. The number of aromatic amines is 1. The number of aromatic nitrogens is 1. The summed E-state index contributed by atoms with van der Waals surface area (Å²) in [6, 6.07) is 6.70. The molecule has 0 aliphatic carbocycles. The Balaban J connectivity index is 2.26. The van der Waals surface area contributed by atoms with Gasteiger partial charge < -0.3 is 14.5 Å². The fourth-order valence-electron chi connectivity index (χ4n) is 1.50. The van der Waals surface area contributed by atoms with Crippen molar-refractivity contribution in [1.82, 2.24) is 4.98 Å². The Kier molecular flexibility index (Phi) is 3.36. The standard InChI is InChI=1S/C11H10N4O3/c1-2-17-11(16)18-10-6-7-5-8(14-15-12)3-4-9(7)13-10/h3-6,13H,2H2,1H3. The molecule has 0 aliphatic rings. The molecule has 0 bridgehead atoms. The molecule has 1 aromatic heterocycles. The van der Waals surface area contributed by atoms with Crippen molar-refractivity contribution < 1.29 is 14.3 Å². The Morgan fingerprint density at radius 3 is 3.06 bits per heavy atom. The summed E-state index contributed by atoms with van der Waals surface area (Å²) in [5.74, 6) is 0.279. The molecule has 2 rings (SSSR count). The highest BCUT2D eigenvalue weighted by atomic mass is 16.7. The van der Waals surface area contributed by atoms with E-state index in [1.807, 2.05) is 0 Å². The van der Waals surface area contributed by atoms with Crippen LogP contribution in [-0.4, -0.2) is 17.7 Å². The predicted octanol–water partition coefficient (Wildman–Crippen LogP) is 3.65. The third-order valence-corrected chi connectivity index (χ3v) is 2.20. The average molecular weight is 246 g/mol. The first kappa shape index (κ1) is 11.8. The molecule has 0 unspecified atom stereocenters. The van der Waals surface area contributed by atoms with E-state index in [2.05, 4.69) is 19.7 Å². The first-order valence-electron chi connectivity index (χ1n) is 5.25. The largest absolute Gasteiger partial charge is 0.515 e. The number of H-pyrrole nitrogens is 1. The second-order valence-electron chi connectivity index (χ2n) is 3.38. The zero-order valence-corrected chi connectivity index (χ0v) is 9.58. The summed E-state index contributed by atoms with van der Waals surface area (Å²) in [5, 5.41) is 4.27. The number of carbonyl (C=O) groups is 1. The van der Waals surface area contributed by atoms with Crippen LogP contribution in [0.5, 0.6) is 5.88 Å². The fraction of sp³-hybridized carbons (Fsp3) is 0.182. The van der Waals surface area contributed by atoms with Crippen molar-refractivity contribution in [2.45, 2.75) is 6.92 Å². The van der Waals surface area contributed by atoms with Crippen molar-refractivity contribution >= 4 is 22.7 Å². The fourth-order valence-corrected chi connectivity index (χ4v) is 1.50. The minimum absolute atomic E-state index is 0.250. The molecule has 0 atom stereocenters. The molecule has 1 aromatic carbocycles. The number of azide groups is 1. The minimum atomic E-state index is -0.765. The van der Waals surface area contributed by atoms with Gasteiger partial charge >= 0.3 is 6.16 Å². The maximum absolute atomic E-state index is 11.1. The average Bonchev–Trinajstić information content (AvgIpc) is 2.71. The minimum Gasteiger partial charge on any atom is -0.434 e. The van der Waals surface area contributed by atoms with Gasteiger partial charge in [0.05, 0.1) is 6.61 Å². The lowest BCUT2D eigenvalue weighted by Gasteiger charge is -1.99. The van der Waals surface area contributed by atoms with E-state index in [1.165, 1.54) is 0 Å². The first-order chi connectivity index (χ1) is 8.72. The lowest BCUT2D eigenvalue weighted by atomic mass is 10.2. The van der Waals surface area contributed by atoms with Gasteiger partial charge in [-0.2, -0.15) is 0 Å². The van der Waals surface area contributed by atoms with Gasteiger partial charge in [0.1, 0.15) is 0 Å². The van der Waals surface area contributed by atoms with Crippen molar-refractivity contribution in [3.8, 4) is 5.88 Å². The van der Waals surface area contributed by atoms with Crippen molar-refractivity contribution in [2.75, 3.05) is 6.61 Å². The molecule has 1 heterocycles. The smallest absolute Gasteiger partial charge is 0.434 e. The highest BCUT2D eigenvalue weighted by molar-refractivity contribution is 5.84. The van der Waals surface area contributed by atoms with Crippen molar-refractivity contribution in [1.29, 1.82) is 0 Å². The van der Waals surface area contributed by atoms with Crippen molar-refractivity contribution in [3.05, 3.63) is 34.7 Å². The highest BCUT2D eigenvalue weighted by Crippen LogP contribution is 2.25. The monoisotopic (exact) mass is 246 g/mol. The normalized spacial score (nSPS) is 9.83. The maximum Gasteiger partial charge on any atom is 0.515 e. The molecule has 1 N–H and O–H groups in total. The third kappa shape index (κ3) is 2.53. The number of carbonyl (C=O) groups excluding carboxylic acids is 1. The molecular weight excluding hydrogens is 236 g/mol. The Morgan fingerprint density at radius 2 is 2.33 bits per heavy atom. The molecule has 0 saturated heterocycles. The van der Waals surface area contributed by atoms with Gasteiger partial charge in [0.2, 0.25) is 5.88 Å². The van der Waals surface area contributed by atoms with Gasteiger partial charge in [0, 0.05) is 27.6 Å².